The molecule has 1 unspecified atom stereocenters. The van der Waals surface area contributed by atoms with Crippen LogP contribution in [-0.4, -0.2) is 25.5 Å². The number of nitrogens with two attached hydrogens (primary N) is 1. The van der Waals surface area contributed by atoms with Gasteiger partial charge in [-0.05, 0) is 44.0 Å². The van der Waals surface area contributed by atoms with Gasteiger partial charge in [-0.3, -0.25) is 4.79 Å². The molecule has 1 aromatic rings. The molecule has 4 nitrogen and oxygen atoms in total. The van der Waals surface area contributed by atoms with E-state index in [2.05, 4.69) is 38.3 Å². The Bertz CT molecular complexity index is 464. The summed E-state index contributed by atoms with van der Waals surface area (Å²) in [5.74, 6) is -0.227. The molecule has 1 aliphatic rings. The molecule has 1 saturated heterocycles. The third-order valence-corrected chi connectivity index (χ3v) is 4.05. The van der Waals surface area contributed by atoms with Gasteiger partial charge in [0.15, 0.2) is 0 Å². The lowest BCUT2D eigenvalue weighted by Crippen LogP contribution is -2.48. The Labute approximate surface area is 122 Å². The fourth-order valence-corrected chi connectivity index (χ4v) is 3.01. The SMILES string of the molecule is CNCc1ccc(Br)cc1N1CCCCC1C(N)=O. The van der Waals surface area contributed by atoms with Crippen molar-refractivity contribution in [2.45, 2.75) is 31.8 Å². The van der Waals surface area contributed by atoms with Crippen LogP contribution in [0.1, 0.15) is 24.8 Å². The van der Waals surface area contributed by atoms with Crippen LogP contribution in [0.5, 0.6) is 0 Å². The monoisotopic (exact) mass is 325 g/mol. The average Bonchev–Trinajstić information content (AvgIpc) is 2.41. The maximum atomic E-state index is 11.6. The molecule has 0 aromatic heterocycles. The lowest BCUT2D eigenvalue weighted by atomic mass is 9.99. The number of nitrogens with zero attached hydrogens (tertiary/aromatic N) is 1. The van der Waals surface area contributed by atoms with Gasteiger partial charge in [-0.1, -0.05) is 22.0 Å². The van der Waals surface area contributed by atoms with Crippen LogP contribution >= 0.6 is 15.9 Å². The molecule has 0 bridgehead atoms. The Morgan fingerprint density at radius 1 is 1.53 bits per heavy atom. The summed E-state index contributed by atoms with van der Waals surface area (Å²) in [5, 5.41) is 3.17. The van der Waals surface area contributed by atoms with Crippen LogP contribution in [0.2, 0.25) is 0 Å². The number of hydrogen-bond donors (Lipinski definition) is 2. The summed E-state index contributed by atoms with van der Waals surface area (Å²) < 4.78 is 1.02. The molecule has 0 spiro atoms. The van der Waals surface area contributed by atoms with Crippen molar-refractivity contribution in [2.24, 2.45) is 5.73 Å². The number of carbonyl (C=O) groups is 1. The summed E-state index contributed by atoms with van der Waals surface area (Å²) in [6.45, 7) is 1.67. The second kappa shape index (κ2) is 6.39. The minimum atomic E-state index is -0.227. The van der Waals surface area contributed by atoms with Gasteiger partial charge in [0.25, 0.3) is 0 Å². The first-order chi connectivity index (χ1) is 9.13. The van der Waals surface area contributed by atoms with E-state index in [0.29, 0.717) is 0 Å². The van der Waals surface area contributed by atoms with Crippen molar-refractivity contribution in [2.75, 3.05) is 18.5 Å². The number of carbonyl (C=O) groups excluding carboxylic acids is 1. The first kappa shape index (κ1) is 14.3. The van der Waals surface area contributed by atoms with Gasteiger partial charge in [-0.2, -0.15) is 0 Å². The quantitative estimate of drug-likeness (QED) is 0.890. The fraction of sp³-hybridized carbons (Fsp3) is 0.500. The molecule has 104 valence electrons. The van der Waals surface area contributed by atoms with E-state index in [9.17, 15) is 4.79 Å². The summed E-state index contributed by atoms with van der Waals surface area (Å²) in [6.07, 6.45) is 3.02. The minimum absolute atomic E-state index is 0.182. The Balaban J connectivity index is 2.37. The highest BCUT2D eigenvalue weighted by atomic mass is 79.9. The van der Waals surface area contributed by atoms with E-state index < -0.39 is 0 Å². The largest absolute Gasteiger partial charge is 0.368 e. The van der Waals surface area contributed by atoms with Crippen LogP contribution < -0.4 is 16.0 Å². The van der Waals surface area contributed by atoms with E-state index in [1.165, 1.54) is 5.56 Å². The van der Waals surface area contributed by atoms with Crippen molar-refractivity contribution in [3.63, 3.8) is 0 Å². The van der Waals surface area contributed by atoms with Crippen molar-refractivity contribution in [3.05, 3.63) is 28.2 Å². The van der Waals surface area contributed by atoms with E-state index in [0.717, 1.165) is 42.5 Å². The number of halogens is 1. The molecule has 0 radical (unpaired) electrons. The van der Waals surface area contributed by atoms with E-state index in [-0.39, 0.29) is 11.9 Å². The van der Waals surface area contributed by atoms with E-state index in [1.54, 1.807) is 0 Å². The van der Waals surface area contributed by atoms with Crippen molar-refractivity contribution in [1.29, 1.82) is 0 Å². The fourth-order valence-electron chi connectivity index (χ4n) is 2.66. The summed E-state index contributed by atoms with van der Waals surface area (Å²) in [7, 11) is 1.92. The van der Waals surface area contributed by atoms with Gasteiger partial charge < -0.3 is 16.0 Å². The Morgan fingerprint density at radius 2 is 2.32 bits per heavy atom. The maximum Gasteiger partial charge on any atom is 0.240 e. The highest BCUT2D eigenvalue weighted by molar-refractivity contribution is 9.10. The van der Waals surface area contributed by atoms with Crippen LogP contribution in [0.15, 0.2) is 22.7 Å². The zero-order chi connectivity index (χ0) is 13.8. The van der Waals surface area contributed by atoms with Crippen LogP contribution in [0, 0.1) is 0 Å². The standard InChI is InChI=1S/C14H20BrN3O/c1-17-9-10-5-6-11(15)8-13(10)18-7-3-2-4-12(18)14(16)19/h5-6,8,12,17H,2-4,7,9H2,1H3,(H2,16,19). The third-order valence-electron chi connectivity index (χ3n) is 3.56. The van der Waals surface area contributed by atoms with Crippen molar-refractivity contribution >= 4 is 27.5 Å². The van der Waals surface area contributed by atoms with Gasteiger partial charge in [0.05, 0.1) is 0 Å². The number of piperidine rings is 1. The molecular formula is C14H20BrN3O. The van der Waals surface area contributed by atoms with E-state index in [1.807, 2.05) is 13.1 Å². The summed E-state index contributed by atoms with van der Waals surface area (Å²) in [6, 6.07) is 6.01. The summed E-state index contributed by atoms with van der Waals surface area (Å²) in [5.41, 5.74) is 7.85. The molecule has 19 heavy (non-hydrogen) atoms. The highest BCUT2D eigenvalue weighted by Gasteiger charge is 2.28. The number of amides is 1. The zero-order valence-electron chi connectivity index (χ0n) is 11.2. The maximum absolute atomic E-state index is 11.6. The Kier molecular flexibility index (Phi) is 4.82. The molecule has 1 aliphatic heterocycles. The van der Waals surface area contributed by atoms with Crippen molar-refractivity contribution < 1.29 is 4.79 Å². The Hall–Kier alpha value is -1.07. The minimum Gasteiger partial charge on any atom is -0.368 e. The third kappa shape index (κ3) is 3.28. The van der Waals surface area contributed by atoms with Crippen LogP contribution in [0.4, 0.5) is 5.69 Å². The molecule has 1 atom stereocenters. The molecule has 1 amide bonds. The predicted octanol–water partition coefficient (Wildman–Crippen LogP) is 2.01. The molecule has 2 rings (SSSR count). The molecule has 1 heterocycles. The van der Waals surface area contributed by atoms with Gasteiger partial charge in [0, 0.05) is 23.2 Å². The number of benzene rings is 1. The summed E-state index contributed by atoms with van der Waals surface area (Å²) >= 11 is 3.51. The average molecular weight is 326 g/mol. The van der Waals surface area contributed by atoms with Crippen LogP contribution in [0.25, 0.3) is 0 Å². The first-order valence-corrected chi connectivity index (χ1v) is 7.41. The topological polar surface area (TPSA) is 58.4 Å². The lowest BCUT2D eigenvalue weighted by Gasteiger charge is -2.37. The van der Waals surface area contributed by atoms with E-state index in [4.69, 9.17) is 5.73 Å². The predicted molar refractivity (Wildman–Crippen MR) is 81.1 cm³/mol. The smallest absolute Gasteiger partial charge is 0.240 e. The molecule has 5 heteroatoms. The molecular weight excluding hydrogens is 306 g/mol. The number of primary amides is 1. The number of rotatable bonds is 4. The van der Waals surface area contributed by atoms with Gasteiger partial charge in [0.1, 0.15) is 6.04 Å². The van der Waals surface area contributed by atoms with Crippen molar-refractivity contribution in [1.82, 2.24) is 5.32 Å². The van der Waals surface area contributed by atoms with Gasteiger partial charge in [-0.15, -0.1) is 0 Å². The number of anilines is 1. The van der Waals surface area contributed by atoms with Gasteiger partial charge >= 0.3 is 0 Å². The number of nitrogens with one attached hydrogen (secondary N) is 1. The number of hydrogen-bond acceptors (Lipinski definition) is 3. The van der Waals surface area contributed by atoms with Gasteiger partial charge in [0.2, 0.25) is 5.91 Å². The lowest BCUT2D eigenvalue weighted by molar-refractivity contribution is -0.119. The van der Waals surface area contributed by atoms with Crippen LogP contribution in [0.3, 0.4) is 0 Å². The van der Waals surface area contributed by atoms with E-state index >= 15 is 0 Å². The van der Waals surface area contributed by atoms with Gasteiger partial charge in [-0.25, -0.2) is 0 Å². The van der Waals surface area contributed by atoms with Crippen LogP contribution in [-0.2, 0) is 11.3 Å². The first-order valence-electron chi connectivity index (χ1n) is 6.62. The molecule has 1 aromatic carbocycles. The van der Waals surface area contributed by atoms with Crippen molar-refractivity contribution in [3.8, 4) is 0 Å². The summed E-state index contributed by atoms with van der Waals surface area (Å²) in [4.78, 5) is 13.8. The normalized spacial score (nSPS) is 19.5. The molecule has 0 aliphatic carbocycles. The molecule has 1 fully saturated rings. The highest BCUT2D eigenvalue weighted by Crippen LogP contribution is 2.30. The second-order valence-electron chi connectivity index (χ2n) is 4.91. The second-order valence-corrected chi connectivity index (χ2v) is 5.83. The molecule has 3 N–H and O–H groups in total. The zero-order valence-corrected chi connectivity index (χ0v) is 12.7. The Morgan fingerprint density at radius 3 is 3.00 bits per heavy atom. The molecule has 0 saturated carbocycles.